The first-order chi connectivity index (χ1) is 15.2. The zero-order valence-corrected chi connectivity index (χ0v) is 18.8. The Labute approximate surface area is 188 Å². The van der Waals surface area contributed by atoms with Crippen molar-refractivity contribution in [1.29, 1.82) is 0 Å². The highest BCUT2D eigenvalue weighted by molar-refractivity contribution is 7.19. The maximum absolute atomic E-state index is 5.37. The molecule has 0 aliphatic carbocycles. The Morgan fingerprint density at radius 2 is 1.61 bits per heavy atom. The normalized spacial score (nSPS) is 11.5. The van der Waals surface area contributed by atoms with Crippen LogP contribution in [0.5, 0.6) is 11.5 Å². The fraction of sp³-hybridized carbons (Fsp3) is 0.192. The van der Waals surface area contributed by atoms with Crippen LogP contribution in [0.2, 0.25) is 0 Å². The minimum absolute atomic E-state index is 0.327. The largest absolute Gasteiger partial charge is 0.493 e. The highest BCUT2D eigenvalue weighted by Gasteiger charge is 2.09. The van der Waals surface area contributed by atoms with Crippen LogP contribution in [0.15, 0.2) is 73.9 Å². The van der Waals surface area contributed by atoms with Crippen molar-refractivity contribution >= 4 is 39.4 Å². The van der Waals surface area contributed by atoms with Gasteiger partial charge in [0.05, 0.1) is 24.4 Å². The Balaban J connectivity index is 1.63. The Morgan fingerprint density at radius 1 is 0.968 bits per heavy atom. The maximum Gasteiger partial charge on any atom is 0.162 e. The van der Waals surface area contributed by atoms with E-state index in [9.17, 15) is 0 Å². The van der Waals surface area contributed by atoms with Crippen molar-refractivity contribution < 1.29 is 9.47 Å². The van der Waals surface area contributed by atoms with Crippen molar-refractivity contribution in [3.05, 3.63) is 84.4 Å². The van der Waals surface area contributed by atoms with Crippen LogP contribution in [-0.4, -0.2) is 25.2 Å². The molecule has 4 nitrogen and oxygen atoms in total. The van der Waals surface area contributed by atoms with Crippen LogP contribution in [0.3, 0.4) is 0 Å². The summed E-state index contributed by atoms with van der Waals surface area (Å²) in [5.41, 5.74) is 3.14. The van der Waals surface area contributed by atoms with Crippen molar-refractivity contribution in [2.24, 2.45) is 0 Å². The smallest absolute Gasteiger partial charge is 0.162 e. The van der Waals surface area contributed by atoms with Gasteiger partial charge in [-0.25, -0.2) is 4.98 Å². The van der Waals surface area contributed by atoms with Gasteiger partial charge in [0.25, 0.3) is 0 Å². The Morgan fingerprint density at radius 3 is 2.26 bits per heavy atom. The number of rotatable bonds is 11. The standard InChI is InChI=1S/C26H28N2O2S/c1-5-9-20(10-6-2)27-21-15-13-19(14-16-21)11-7-8-12-26-28-22-17-23(29-3)24(30-4)18-25(22)31-26/h5-8,11-18,20,27H,1-2,9-10H2,3-4H3/b11-7+,12-8+/i4-1. The van der Waals surface area contributed by atoms with Gasteiger partial charge in [-0.15, -0.1) is 24.5 Å². The molecule has 160 valence electrons. The van der Waals surface area contributed by atoms with Crippen LogP contribution < -0.4 is 14.8 Å². The minimum Gasteiger partial charge on any atom is -0.493 e. The first-order valence-electron chi connectivity index (χ1n) is 10.1. The van der Waals surface area contributed by atoms with Crippen molar-refractivity contribution in [3.63, 3.8) is 0 Å². The summed E-state index contributed by atoms with van der Waals surface area (Å²) in [7, 11) is 3.27. The Hall–Kier alpha value is -3.31. The third-order valence-electron chi connectivity index (χ3n) is 4.73. The number of thiazole rings is 1. The number of methoxy groups -OCH3 is 2. The molecule has 0 aliphatic heterocycles. The highest BCUT2D eigenvalue weighted by Crippen LogP contribution is 2.34. The second-order valence-electron chi connectivity index (χ2n) is 6.96. The van der Waals surface area contributed by atoms with E-state index in [0.29, 0.717) is 17.5 Å². The molecule has 0 fully saturated rings. The predicted octanol–water partition coefficient (Wildman–Crippen LogP) is 6.97. The van der Waals surface area contributed by atoms with Crippen LogP contribution in [0.25, 0.3) is 22.4 Å². The zero-order chi connectivity index (χ0) is 22.1. The molecule has 2 aromatic carbocycles. The first kappa shape index (κ1) is 22.4. The third kappa shape index (κ3) is 6.09. The average molecular weight is 432 g/mol. The molecule has 0 bridgehead atoms. The summed E-state index contributed by atoms with van der Waals surface area (Å²) >= 11 is 1.62. The highest BCUT2D eigenvalue weighted by atomic mass is 32.1. The average Bonchev–Trinajstić information content (AvgIpc) is 3.18. The number of allylic oxidation sites excluding steroid dienone is 2. The molecule has 1 N–H and O–H groups in total. The summed E-state index contributed by atoms with van der Waals surface area (Å²) in [6.45, 7) is 7.65. The lowest BCUT2D eigenvalue weighted by molar-refractivity contribution is 0.356. The molecule has 0 atom stereocenters. The fourth-order valence-corrected chi connectivity index (χ4v) is 4.08. The summed E-state index contributed by atoms with van der Waals surface area (Å²) in [4.78, 5) is 4.65. The van der Waals surface area contributed by atoms with Crippen LogP contribution in [-0.2, 0) is 0 Å². The lowest BCUT2D eigenvalue weighted by Crippen LogP contribution is -2.17. The molecule has 1 aromatic heterocycles. The summed E-state index contributed by atoms with van der Waals surface area (Å²) in [6.07, 6.45) is 13.8. The van der Waals surface area contributed by atoms with E-state index >= 15 is 0 Å². The molecular weight excluding hydrogens is 403 g/mol. The number of hydrogen-bond donors (Lipinski definition) is 1. The molecule has 0 saturated carbocycles. The van der Waals surface area contributed by atoms with Gasteiger partial charge in [-0.2, -0.15) is 0 Å². The molecule has 0 saturated heterocycles. The quantitative estimate of drug-likeness (QED) is 0.263. The van der Waals surface area contributed by atoms with Gasteiger partial charge in [0.1, 0.15) is 5.01 Å². The van der Waals surface area contributed by atoms with E-state index in [1.165, 1.54) is 0 Å². The van der Waals surface area contributed by atoms with Gasteiger partial charge in [0.15, 0.2) is 11.5 Å². The molecular formula is C26H28N2O2S. The minimum atomic E-state index is 0.327. The summed E-state index contributed by atoms with van der Waals surface area (Å²) < 4.78 is 11.8. The number of anilines is 1. The number of benzene rings is 2. The SMILES string of the molecule is C=CCC(CC=C)Nc1ccc(/C=C/C=C/c2nc3cc(OC)c(O[11CH3])cc3s2)cc1. The second kappa shape index (κ2) is 11.2. The maximum atomic E-state index is 5.37. The van der Waals surface area contributed by atoms with Gasteiger partial charge in [-0.1, -0.05) is 42.5 Å². The van der Waals surface area contributed by atoms with Crippen LogP contribution in [0.4, 0.5) is 5.69 Å². The first-order valence-corrected chi connectivity index (χ1v) is 10.9. The number of nitrogens with zero attached hydrogens (tertiary/aromatic N) is 1. The summed E-state index contributed by atoms with van der Waals surface area (Å²) in [5, 5.41) is 4.46. The van der Waals surface area contributed by atoms with Crippen molar-refractivity contribution in [2.45, 2.75) is 18.9 Å². The van der Waals surface area contributed by atoms with E-state index in [0.717, 1.165) is 39.3 Å². The molecule has 3 rings (SSSR count). The second-order valence-corrected chi connectivity index (χ2v) is 8.02. The van der Waals surface area contributed by atoms with E-state index in [1.54, 1.807) is 25.6 Å². The lowest BCUT2D eigenvalue weighted by Gasteiger charge is -2.16. The lowest BCUT2D eigenvalue weighted by atomic mass is 10.1. The third-order valence-corrected chi connectivity index (χ3v) is 5.72. The van der Waals surface area contributed by atoms with E-state index in [-0.39, 0.29) is 0 Å². The van der Waals surface area contributed by atoms with E-state index in [4.69, 9.17) is 9.47 Å². The van der Waals surface area contributed by atoms with Crippen LogP contribution in [0, 0.1) is 0 Å². The monoisotopic (exact) mass is 431 g/mol. The zero-order valence-electron chi connectivity index (χ0n) is 18.0. The molecule has 1 heterocycles. The van der Waals surface area contributed by atoms with Gasteiger partial charge in [-0.3, -0.25) is 0 Å². The van der Waals surface area contributed by atoms with Gasteiger partial charge in [0, 0.05) is 23.9 Å². The van der Waals surface area contributed by atoms with E-state index in [1.807, 2.05) is 42.5 Å². The predicted molar refractivity (Wildman–Crippen MR) is 134 cm³/mol. The topological polar surface area (TPSA) is 43.4 Å². The Kier molecular flexibility index (Phi) is 8.07. The molecule has 0 unspecified atom stereocenters. The molecule has 0 aliphatic rings. The molecule has 0 amide bonds. The fourth-order valence-electron chi connectivity index (χ4n) is 3.19. The van der Waals surface area contributed by atoms with Gasteiger partial charge >= 0.3 is 0 Å². The molecule has 3 aromatic rings. The van der Waals surface area contributed by atoms with Crippen molar-refractivity contribution in [1.82, 2.24) is 4.98 Å². The molecule has 31 heavy (non-hydrogen) atoms. The van der Waals surface area contributed by atoms with Gasteiger partial charge < -0.3 is 14.8 Å². The molecule has 5 heteroatoms. The summed E-state index contributed by atoms with van der Waals surface area (Å²) in [5.74, 6) is 1.40. The number of fused-ring (bicyclic) bond motifs is 1. The molecule has 0 spiro atoms. The number of aromatic nitrogens is 1. The van der Waals surface area contributed by atoms with Crippen LogP contribution in [0.1, 0.15) is 23.4 Å². The number of ether oxygens (including phenoxy) is 2. The van der Waals surface area contributed by atoms with Crippen molar-refractivity contribution in [3.8, 4) is 11.5 Å². The van der Waals surface area contributed by atoms with Crippen molar-refractivity contribution in [2.75, 3.05) is 19.5 Å². The molecule has 0 radical (unpaired) electrons. The van der Waals surface area contributed by atoms with Gasteiger partial charge in [0.2, 0.25) is 0 Å². The number of nitrogens with one attached hydrogen (secondary N) is 1. The van der Waals surface area contributed by atoms with Crippen LogP contribution >= 0.6 is 11.3 Å². The van der Waals surface area contributed by atoms with Gasteiger partial charge in [-0.05, 0) is 36.6 Å². The summed E-state index contributed by atoms with van der Waals surface area (Å²) in [6, 6.07) is 12.6. The van der Waals surface area contributed by atoms with E-state index in [2.05, 4.69) is 53.8 Å². The Bertz CT molecular complexity index is 1030. The number of hydrogen-bond acceptors (Lipinski definition) is 5. The van der Waals surface area contributed by atoms with E-state index < -0.39 is 0 Å².